The Hall–Kier alpha value is -1.83. The monoisotopic (exact) mass is 250 g/mol. The predicted octanol–water partition coefficient (Wildman–Crippen LogP) is 2.26. The van der Waals surface area contributed by atoms with Crippen LogP contribution in [0, 0.1) is 10.1 Å². The van der Waals surface area contributed by atoms with Crippen LogP contribution in [0.25, 0.3) is 0 Å². The van der Waals surface area contributed by atoms with Gasteiger partial charge in [0.25, 0.3) is 5.69 Å². The molecule has 0 aromatic heterocycles. The first kappa shape index (κ1) is 13.2. The van der Waals surface area contributed by atoms with Gasteiger partial charge in [0.2, 0.25) is 0 Å². The van der Waals surface area contributed by atoms with Crippen LogP contribution in [0.5, 0.6) is 0 Å². The molecule has 0 saturated heterocycles. The minimum Gasteiger partial charge on any atom is -0.398 e. The molecule has 0 bridgehead atoms. The van der Waals surface area contributed by atoms with Crippen molar-refractivity contribution in [1.29, 1.82) is 0 Å². The first-order valence-electron chi connectivity index (χ1n) is 4.47. The van der Waals surface area contributed by atoms with E-state index in [9.17, 15) is 23.3 Å². The van der Waals surface area contributed by atoms with E-state index >= 15 is 0 Å². The Kier molecular flexibility index (Phi) is 3.89. The number of alkyl halides is 3. The van der Waals surface area contributed by atoms with Gasteiger partial charge >= 0.3 is 6.18 Å². The van der Waals surface area contributed by atoms with Crippen molar-refractivity contribution in [3.8, 4) is 0 Å². The Morgan fingerprint density at radius 2 is 2.06 bits per heavy atom. The van der Waals surface area contributed by atoms with Gasteiger partial charge in [-0.3, -0.25) is 10.1 Å². The van der Waals surface area contributed by atoms with Gasteiger partial charge in [0.1, 0.15) is 6.61 Å². The number of nitro groups is 1. The van der Waals surface area contributed by atoms with E-state index in [0.717, 1.165) is 6.07 Å². The summed E-state index contributed by atoms with van der Waals surface area (Å²) in [4.78, 5) is 9.78. The molecule has 8 heteroatoms. The van der Waals surface area contributed by atoms with E-state index in [2.05, 4.69) is 4.74 Å². The summed E-state index contributed by atoms with van der Waals surface area (Å²) < 4.78 is 39.8. The van der Waals surface area contributed by atoms with Gasteiger partial charge in [-0.2, -0.15) is 13.2 Å². The molecule has 0 aliphatic rings. The molecule has 0 aliphatic carbocycles. The van der Waals surface area contributed by atoms with Crippen molar-refractivity contribution in [1.82, 2.24) is 0 Å². The molecule has 94 valence electrons. The van der Waals surface area contributed by atoms with E-state index in [0.29, 0.717) is 0 Å². The standard InChI is InChI=1S/C9H9F3N2O3/c10-9(11,12)5-17-4-6-3-7(14(15)16)1-2-8(6)13/h1-3H,4-5,13H2. The summed E-state index contributed by atoms with van der Waals surface area (Å²) in [5.41, 5.74) is 5.52. The molecule has 0 unspecified atom stereocenters. The summed E-state index contributed by atoms with van der Waals surface area (Å²) in [6.45, 7) is -1.85. The van der Waals surface area contributed by atoms with Crippen LogP contribution in [0.3, 0.4) is 0 Å². The number of hydrogen-bond donors (Lipinski definition) is 1. The molecular formula is C9H9F3N2O3. The molecule has 0 atom stereocenters. The molecule has 2 N–H and O–H groups in total. The van der Waals surface area contributed by atoms with Crippen molar-refractivity contribution in [2.45, 2.75) is 12.8 Å². The Bertz CT molecular complexity index is 420. The number of rotatable bonds is 4. The zero-order chi connectivity index (χ0) is 13.1. The summed E-state index contributed by atoms with van der Waals surface area (Å²) in [7, 11) is 0. The Morgan fingerprint density at radius 3 is 2.59 bits per heavy atom. The first-order chi connectivity index (χ1) is 7.79. The van der Waals surface area contributed by atoms with E-state index in [4.69, 9.17) is 5.73 Å². The fourth-order valence-electron chi connectivity index (χ4n) is 1.11. The Labute approximate surface area is 94.1 Å². The molecule has 0 amide bonds. The molecule has 0 heterocycles. The summed E-state index contributed by atoms with van der Waals surface area (Å²) >= 11 is 0. The smallest absolute Gasteiger partial charge is 0.398 e. The lowest BCUT2D eigenvalue weighted by Gasteiger charge is -2.09. The molecule has 0 saturated carbocycles. The third-order valence-electron chi connectivity index (χ3n) is 1.86. The van der Waals surface area contributed by atoms with Gasteiger partial charge in [0, 0.05) is 23.4 Å². The van der Waals surface area contributed by atoms with Crippen LogP contribution in [-0.4, -0.2) is 17.7 Å². The summed E-state index contributed by atoms with van der Waals surface area (Å²) in [5.74, 6) is 0. The molecular weight excluding hydrogens is 241 g/mol. The number of nitrogen functional groups attached to an aromatic ring is 1. The number of nitro benzene ring substituents is 1. The molecule has 1 aromatic carbocycles. The van der Waals surface area contributed by atoms with Crippen LogP contribution in [-0.2, 0) is 11.3 Å². The number of hydrogen-bond acceptors (Lipinski definition) is 4. The summed E-state index contributed by atoms with van der Waals surface area (Å²) in [6.07, 6.45) is -4.44. The van der Waals surface area contributed by atoms with Gasteiger partial charge < -0.3 is 10.5 Å². The summed E-state index contributed by atoms with van der Waals surface area (Å²) in [6, 6.07) is 3.51. The van der Waals surface area contributed by atoms with Gasteiger partial charge in [-0.15, -0.1) is 0 Å². The average molecular weight is 250 g/mol. The van der Waals surface area contributed by atoms with Crippen LogP contribution >= 0.6 is 0 Å². The minimum atomic E-state index is -4.44. The maximum absolute atomic E-state index is 11.8. The van der Waals surface area contributed by atoms with Crippen molar-refractivity contribution in [3.63, 3.8) is 0 Å². The fraction of sp³-hybridized carbons (Fsp3) is 0.333. The number of nitrogens with zero attached hydrogens (tertiary/aromatic N) is 1. The lowest BCUT2D eigenvalue weighted by molar-refractivity contribution is -0.384. The molecule has 17 heavy (non-hydrogen) atoms. The normalized spacial score (nSPS) is 11.5. The predicted molar refractivity (Wildman–Crippen MR) is 53.2 cm³/mol. The third-order valence-corrected chi connectivity index (χ3v) is 1.86. The maximum Gasteiger partial charge on any atom is 0.411 e. The SMILES string of the molecule is Nc1ccc([N+](=O)[O-])cc1COCC(F)(F)F. The zero-order valence-corrected chi connectivity index (χ0v) is 8.53. The van der Waals surface area contributed by atoms with Crippen LogP contribution in [0.2, 0.25) is 0 Å². The quantitative estimate of drug-likeness (QED) is 0.505. The third kappa shape index (κ3) is 4.27. The largest absolute Gasteiger partial charge is 0.411 e. The Balaban J connectivity index is 2.70. The van der Waals surface area contributed by atoms with Crippen LogP contribution < -0.4 is 5.73 Å². The van der Waals surface area contributed by atoms with Crippen molar-refractivity contribution in [3.05, 3.63) is 33.9 Å². The first-order valence-corrected chi connectivity index (χ1v) is 4.47. The second kappa shape index (κ2) is 5.00. The van der Waals surface area contributed by atoms with E-state index in [-0.39, 0.29) is 16.9 Å². The highest BCUT2D eigenvalue weighted by Gasteiger charge is 2.27. The minimum absolute atomic E-state index is 0.151. The average Bonchev–Trinajstić information content (AvgIpc) is 2.18. The summed E-state index contributed by atoms with van der Waals surface area (Å²) in [5, 5.41) is 10.4. The molecule has 5 nitrogen and oxygen atoms in total. The molecule has 1 rings (SSSR count). The maximum atomic E-state index is 11.8. The number of ether oxygens (including phenoxy) is 1. The second-order valence-corrected chi connectivity index (χ2v) is 3.25. The van der Waals surface area contributed by atoms with E-state index in [1.807, 2.05) is 0 Å². The Morgan fingerprint density at radius 1 is 1.41 bits per heavy atom. The van der Waals surface area contributed by atoms with Crippen molar-refractivity contribution >= 4 is 11.4 Å². The number of benzene rings is 1. The van der Waals surface area contributed by atoms with Crippen molar-refractivity contribution in [2.24, 2.45) is 0 Å². The van der Waals surface area contributed by atoms with Crippen LogP contribution in [0.1, 0.15) is 5.56 Å². The van der Waals surface area contributed by atoms with Crippen molar-refractivity contribution < 1.29 is 22.8 Å². The highest BCUT2D eigenvalue weighted by molar-refractivity contribution is 5.52. The van der Waals surface area contributed by atoms with Gasteiger partial charge in [0.05, 0.1) is 11.5 Å². The highest BCUT2D eigenvalue weighted by atomic mass is 19.4. The molecule has 0 spiro atoms. The van der Waals surface area contributed by atoms with Crippen LogP contribution in [0.15, 0.2) is 18.2 Å². The molecule has 1 aromatic rings. The van der Waals surface area contributed by atoms with Gasteiger partial charge in [-0.05, 0) is 6.07 Å². The second-order valence-electron chi connectivity index (χ2n) is 3.25. The highest BCUT2D eigenvalue weighted by Crippen LogP contribution is 2.21. The molecule has 0 radical (unpaired) electrons. The lowest BCUT2D eigenvalue weighted by atomic mass is 10.2. The zero-order valence-electron chi connectivity index (χ0n) is 8.53. The van der Waals surface area contributed by atoms with Gasteiger partial charge in [0.15, 0.2) is 0 Å². The van der Waals surface area contributed by atoms with Crippen LogP contribution in [0.4, 0.5) is 24.5 Å². The van der Waals surface area contributed by atoms with Crippen molar-refractivity contribution in [2.75, 3.05) is 12.3 Å². The molecule has 0 fully saturated rings. The molecule has 0 aliphatic heterocycles. The van der Waals surface area contributed by atoms with Gasteiger partial charge in [-0.1, -0.05) is 0 Å². The number of anilines is 1. The van der Waals surface area contributed by atoms with E-state index in [1.165, 1.54) is 12.1 Å². The number of nitrogens with two attached hydrogens (primary N) is 1. The topological polar surface area (TPSA) is 78.4 Å². The fourth-order valence-corrected chi connectivity index (χ4v) is 1.11. The number of halogens is 3. The van der Waals surface area contributed by atoms with Gasteiger partial charge in [-0.25, -0.2) is 0 Å². The van der Waals surface area contributed by atoms with E-state index in [1.54, 1.807) is 0 Å². The number of non-ortho nitro benzene ring substituents is 1. The van der Waals surface area contributed by atoms with E-state index < -0.39 is 24.3 Å². The lowest BCUT2D eigenvalue weighted by Crippen LogP contribution is -2.17.